The van der Waals surface area contributed by atoms with Gasteiger partial charge in [0.15, 0.2) is 0 Å². The first-order valence-corrected chi connectivity index (χ1v) is 9.42. The molecule has 0 unspecified atom stereocenters. The van der Waals surface area contributed by atoms with Gasteiger partial charge in [0.05, 0.1) is 30.5 Å². The number of rotatable bonds is 7. The van der Waals surface area contributed by atoms with E-state index in [9.17, 15) is 9.59 Å². The molecule has 0 saturated heterocycles. The third-order valence-electron chi connectivity index (χ3n) is 4.91. The molecule has 1 atom stereocenters. The Balaban J connectivity index is 0.00000280. The Kier molecular flexibility index (Phi) is 7.60. The van der Waals surface area contributed by atoms with Crippen LogP contribution in [0.4, 0.5) is 0 Å². The topological polar surface area (TPSA) is 102 Å². The van der Waals surface area contributed by atoms with Crippen molar-refractivity contribution in [3.8, 4) is 5.69 Å². The molecule has 1 heterocycles. The normalized spacial score (nSPS) is 13.6. The number of nitrogens with zero attached hydrogens (tertiary/aromatic N) is 2. The van der Waals surface area contributed by atoms with Crippen molar-refractivity contribution < 1.29 is 9.59 Å². The zero-order valence-electron chi connectivity index (χ0n) is 16.3. The molecule has 2 amide bonds. The van der Waals surface area contributed by atoms with Crippen LogP contribution in [0.25, 0.3) is 5.69 Å². The number of carbonyl (C=O) groups is 2. The first-order chi connectivity index (χ1) is 13.0. The number of fused-ring (bicyclic) bond motifs is 1. The van der Waals surface area contributed by atoms with Gasteiger partial charge in [-0.25, -0.2) is 4.68 Å². The molecule has 8 heteroatoms. The van der Waals surface area contributed by atoms with Crippen LogP contribution in [-0.4, -0.2) is 34.2 Å². The molecular weight excluding hydrogens is 378 g/mol. The summed E-state index contributed by atoms with van der Waals surface area (Å²) < 4.78 is 1.98. The average Bonchev–Trinajstić information content (AvgIpc) is 3.27. The fourth-order valence-electron chi connectivity index (χ4n) is 3.27. The number of hydrogen-bond acceptors (Lipinski definition) is 4. The van der Waals surface area contributed by atoms with Gasteiger partial charge in [0, 0.05) is 5.69 Å². The maximum atomic E-state index is 12.1. The van der Waals surface area contributed by atoms with Crippen LogP contribution in [0, 0.1) is 5.92 Å². The lowest BCUT2D eigenvalue weighted by molar-refractivity contribution is -0.127. The maximum absolute atomic E-state index is 12.1. The van der Waals surface area contributed by atoms with Gasteiger partial charge in [-0.05, 0) is 42.9 Å². The Hall–Kier alpha value is -2.38. The summed E-state index contributed by atoms with van der Waals surface area (Å²) in [4.78, 5) is 23.9. The first-order valence-electron chi connectivity index (χ1n) is 9.42. The number of benzene rings is 1. The third kappa shape index (κ3) is 4.91. The monoisotopic (exact) mass is 405 g/mol. The van der Waals surface area contributed by atoms with Gasteiger partial charge in [0.2, 0.25) is 11.8 Å². The number of halogens is 1. The van der Waals surface area contributed by atoms with Gasteiger partial charge >= 0.3 is 0 Å². The average molecular weight is 406 g/mol. The Morgan fingerprint density at radius 3 is 2.57 bits per heavy atom. The molecule has 0 radical (unpaired) electrons. The summed E-state index contributed by atoms with van der Waals surface area (Å²) in [6, 6.07) is 9.41. The standard InChI is InChI=1S/C20H27N5O2.ClH/c1-13(2)19(21)20(27)23-12-18(26)22-11-16-15-9-6-10-17(15)25(24-16)14-7-4-3-5-8-14;/h3-5,7-8,13,19H,6,9-12,21H2,1-2H3,(H,22,26)(H,23,27);1H/t19-;/m0./s1. The smallest absolute Gasteiger partial charge is 0.239 e. The molecule has 0 aliphatic heterocycles. The van der Waals surface area contributed by atoms with Crippen LogP contribution in [0.2, 0.25) is 0 Å². The van der Waals surface area contributed by atoms with Crippen molar-refractivity contribution in [2.24, 2.45) is 11.7 Å². The van der Waals surface area contributed by atoms with Crippen molar-refractivity contribution in [2.75, 3.05) is 6.54 Å². The van der Waals surface area contributed by atoms with Crippen molar-refractivity contribution in [3.63, 3.8) is 0 Å². The van der Waals surface area contributed by atoms with E-state index in [0.717, 1.165) is 30.6 Å². The molecule has 1 aromatic carbocycles. The van der Waals surface area contributed by atoms with Gasteiger partial charge in [-0.3, -0.25) is 9.59 Å². The van der Waals surface area contributed by atoms with Gasteiger partial charge < -0.3 is 16.4 Å². The summed E-state index contributed by atoms with van der Waals surface area (Å²) in [5.41, 5.74) is 10.1. The minimum absolute atomic E-state index is 0. The van der Waals surface area contributed by atoms with Crippen LogP contribution in [-0.2, 0) is 29.0 Å². The molecule has 0 saturated carbocycles. The molecule has 1 aromatic heterocycles. The van der Waals surface area contributed by atoms with E-state index in [1.165, 1.54) is 11.3 Å². The third-order valence-corrected chi connectivity index (χ3v) is 4.91. The molecule has 0 bridgehead atoms. The minimum Gasteiger partial charge on any atom is -0.349 e. The van der Waals surface area contributed by atoms with Crippen molar-refractivity contribution in [1.82, 2.24) is 20.4 Å². The molecule has 1 aliphatic rings. The highest BCUT2D eigenvalue weighted by Crippen LogP contribution is 2.27. The largest absolute Gasteiger partial charge is 0.349 e. The molecule has 4 N–H and O–H groups in total. The van der Waals surface area contributed by atoms with Crippen LogP contribution in [0.3, 0.4) is 0 Å². The SMILES string of the molecule is CC(C)[C@H](N)C(=O)NCC(=O)NCc1nn(-c2ccccc2)c2c1CCC2.Cl. The summed E-state index contributed by atoms with van der Waals surface area (Å²) in [6.07, 6.45) is 3.08. The van der Waals surface area contributed by atoms with E-state index in [-0.39, 0.29) is 36.7 Å². The highest BCUT2D eigenvalue weighted by Gasteiger charge is 2.23. The number of carbonyl (C=O) groups excluding carboxylic acids is 2. The first kappa shape index (κ1) is 21.9. The van der Waals surface area contributed by atoms with Gasteiger partial charge in [-0.1, -0.05) is 32.0 Å². The Labute approximate surface area is 171 Å². The number of amides is 2. The van der Waals surface area contributed by atoms with Crippen molar-refractivity contribution >= 4 is 24.2 Å². The number of para-hydroxylation sites is 1. The lowest BCUT2D eigenvalue weighted by Crippen LogP contribution is -2.47. The van der Waals surface area contributed by atoms with Crippen LogP contribution in [0.15, 0.2) is 30.3 Å². The summed E-state index contributed by atoms with van der Waals surface area (Å²) in [5.74, 6) is -0.535. The highest BCUT2D eigenvalue weighted by atomic mass is 35.5. The second-order valence-corrected chi connectivity index (χ2v) is 7.24. The van der Waals surface area contributed by atoms with Crippen LogP contribution in [0.5, 0.6) is 0 Å². The molecular formula is C20H28ClN5O2. The van der Waals surface area contributed by atoms with E-state index in [0.29, 0.717) is 6.54 Å². The number of hydrogen-bond donors (Lipinski definition) is 3. The molecule has 152 valence electrons. The van der Waals surface area contributed by atoms with E-state index in [1.54, 1.807) is 0 Å². The Morgan fingerprint density at radius 2 is 1.89 bits per heavy atom. The second kappa shape index (κ2) is 9.71. The van der Waals surface area contributed by atoms with Crippen LogP contribution in [0.1, 0.15) is 37.2 Å². The fraction of sp³-hybridized carbons (Fsp3) is 0.450. The summed E-state index contributed by atoms with van der Waals surface area (Å²) in [6.45, 7) is 4.01. The molecule has 0 spiro atoms. The predicted octanol–water partition coefficient (Wildman–Crippen LogP) is 1.50. The lowest BCUT2D eigenvalue weighted by atomic mass is 10.1. The quantitative estimate of drug-likeness (QED) is 0.649. The molecule has 1 aliphatic carbocycles. The van der Waals surface area contributed by atoms with Crippen LogP contribution < -0.4 is 16.4 Å². The van der Waals surface area contributed by atoms with Gasteiger partial charge in [0.25, 0.3) is 0 Å². The Morgan fingerprint density at radius 1 is 1.18 bits per heavy atom. The molecule has 7 nitrogen and oxygen atoms in total. The van der Waals surface area contributed by atoms with E-state index < -0.39 is 6.04 Å². The highest BCUT2D eigenvalue weighted by molar-refractivity contribution is 5.87. The minimum atomic E-state index is -0.609. The van der Waals surface area contributed by atoms with Crippen molar-refractivity contribution in [3.05, 3.63) is 47.3 Å². The van der Waals surface area contributed by atoms with E-state index in [4.69, 9.17) is 10.8 Å². The van der Waals surface area contributed by atoms with Crippen molar-refractivity contribution in [1.29, 1.82) is 0 Å². The second-order valence-electron chi connectivity index (χ2n) is 7.24. The fourth-order valence-corrected chi connectivity index (χ4v) is 3.27. The van der Waals surface area contributed by atoms with E-state index >= 15 is 0 Å². The molecule has 28 heavy (non-hydrogen) atoms. The zero-order valence-corrected chi connectivity index (χ0v) is 17.1. The lowest BCUT2D eigenvalue weighted by Gasteiger charge is -2.15. The van der Waals surface area contributed by atoms with E-state index in [1.807, 2.05) is 48.9 Å². The van der Waals surface area contributed by atoms with Crippen molar-refractivity contribution in [2.45, 2.75) is 45.7 Å². The number of nitrogens with one attached hydrogen (secondary N) is 2. The number of nitrogens with two attached hydrogens (primary N) is 1. The zero-order chi connectivity index (χ0) is 19.4. The maximum Gasteiger partial charge on any atom is 0.239 e. The van der Waals surface area contributed by atoms with Crippen LogP contribution >= 0.6 is 12.4 Å². The Bertz CT molecular complexity index is 820. The number of aromatic nitrogens is 2. The summed E-state index contributed by atoms with van der Waals surface area (Å²) >= 11 is 0. The molecule has 0 fully saturated rings. The molecule has 3 rings (SSSR count). The predicted molar refractivity (Wildman–Crippen MR) is 111 cm³/mol. The van der Waals surface area contributed by atoms with E-state index in [2.05, 4.69) is 10.6 Å². The molecule has 2 aromatic rings. The van der Waals surface area contributed by atoms with Gasteiger partial charge in [-0.15, -0.1) is 12.4 Å². The summed E-state index contributed by atoms with van der Waals surface area (Å²) in [7, 11) is 0. The van der Waals surface area contributed by atoms with Gasteiger partial charge in [0.1, 0.15) is 0 Å². The summed E-state index contributed by atoms with van der Waals surface area (Å²) in [5, 5.41) is 10.1. The van der Waals surface area contributed by atoms with Gasteiger partial charge in [-0.2, -0.15) is 5.10 Å².